The summed E-state index contributed by atoms with van der Waals surface area (Å²) in [4.78, 5) is 10.6. The van der Waals surface area contributed by atoms with Crippen LogP contribution in [0.5, 0.6) is 0 Å². The SMILES string of the molecule is CC.CC.CC.CC.CC.CC.CC.CC.CC(=O)c1ccccc1.CCc1ccccc1.c1cc2n(n1)CCC2.c1ccc2c(c1)CCCC2.c1ccc2ccccc2c1. The highest BCUT2D eigenvalue weighted by Crippen LogP contribution is 2.20. The zero-order chi connectivity index (χ0) is 47.5. The van der Waals surface area contributed by atoms with Gasteiger partial charge >= 0.3 is 0 Å². The molecule has 8 rings (SSSR count). The zero-order valence-electron chi connectivity index (χ0n) is 42.8. The summed E-state index contributed by atoms with van der Waals surface area (Å²) in [7, 11) is 0. The van der Waals surface area contributed by atoms with Gasteiger partial charge in [-0.05, 0) is 85.4 Å². The number of aromatic nitrogens is 2. The molecular weight excluding hydrogens is 741 g/mol. The Morgan fingerprint density at radius 2 is 0.820 bits per heavy atom. The highest BCUT2D eigenvalue weighted by atomic mass is 16.1. The summed E-state index contributed by atoms with van der Waals surface area (Å²) in [6.45, 7) is 36.9. The maximum Gasteiger partial charge on any atom is 0.159 e. The van der Waals surface area contributed by atoms with Crippen LogP contribution >= 0.6 is 0 Å². The van der Waals surface area contributed by atoms with Crippen LogP contribution in [0.25, 0.3) is 10.8 Å². The fourth-order valence-electron chi connectivity index (χ4n) is 5.38. The number of ketones is 1. The van der Waals surface area contributed by atoms with Crippen LogP contribution in [0.2, 0.25) is 0 Å². The zero-order valence-corrected chi connectivity index (χ0v) is 42.8. The molecule has 0 spiro atoms. The topological polar surface area (TPSA) is 34.9 Å². The van der Waals surface area contributed by atoms with E-state index in [2.05, 4.69) is 120 Å². The first-order valence-corrected chi connectivity index (χ1v) is 24.2. The van der Waals surface area contributed by atoms with Gasteiger partial charge in [-0.1, -0.05) is 251 Å². The van der Waals surface area contributed by atoms with E-state index in [0.29, 0.717) is 0 Å². The number of rotatable bonds is 2. The fraction of sp³-hybridized carbons (Fsp3) is 0.448. The van der Waals surface area contributed by atoms with E-state index in [9.17, 15) is 4.79 Å². The molecule has 1 aromatic heterocycles. The molecule has 61 heavy (non-hydrogen) atoms. The highest BCUT2D eigenvalue weighted by Gasteiger charge is 2.08. The maximum absolute atomic E-state index is 10.6. The van der Waals surface area contributed by atoms with Crippen molar-refractivity contribution >= 4 is 16.6 Å². The van der Waals surface area contributed by atoms with E-state index in [-0.39, 0.29) is 5.78 Å². The average Bonchev–Trinajstić information content (AvgIpc) is 4.05. The van der Waals surface area contributed by atoms with E-state index in [0.717, 1.165) is 18.5 Å². The first kappa shape index (κ1) is 65.4. The van der Waals surface area contributed by atoms with Crippen LogP contribution in [0.1, 0.15) is 177 Å². The number of nitrogens with zero attached hydrogens (tertiary/aromatic N) is 2. The molecule has 0 N–H and O–H groups in total. The molecule has 1 aliphatic carbocycles. The van der Waals surface area contributed by atoms with Gasteiger partial charge in [0.15, 0.2) is 5.78 Å². The van der Waals surface area contributed by atoms with Gasteiger partial charge in [-0.2, -0.15) is 5.10 Å². The minimum Gasteiger partial charge on any atom is -0.295 e. The Morgan fingerprint density at radius 3 is 1.15 bits per heavy atom. The molecule has 0 atom stereocenters. The van der Waals surface area contributed by atoms with Gasteiger partial charge in [0.05, 0.1) is 0 Å². The van der Waals surface area contributed by atoms with E-state index >= 15 is 0 Å². The quantitative estimate of drug-likeness (QED) is 0.163. The van der Waals surface area contributed by atoms with Crippen molar-refractivity contribution in [3.8, 4) is 0 Å². The predicted molar refractivity (Wildman–Crippen MR) is 281 cm³/mol. The van der Waals surface area contributed by atoms with E-state index in [1.165, 1.54) is 60.6 Å². The second-order valence-electron chi connectivity index (χ2n) is 11.2. The monoisotopic (exact) mass is 835 g/mol. The number of benzene rings is 5. The van der Waals surface area contributed by atoms with Gasteiger partial charge in [0.2, 0.25) is 0 Å². The molecule has 2 heterocycles. The number of aryl methyl sites for hydroxylation is 5. The number of carbonyl (C=O) groups excluding carboxylic acids is 1. The Hall–Kier alpha value is -4.76. The van der Waals surface area contributed by atoms with E-state index in [4.69, 9.17) is 0 Å². The Balaban J connectivity index is -0.000000198. The van der Waals surface area contributed by atoms with Gasteiger partial charge in [-0.3, -0.25) is 9.48 Å². The molecule has 0 radical (unpaired) electrons. The van der Waals surface area contributed by atoms with Crippen LogP contribution < -0.4 is 0 Å². The summed E-state index contributed by atoms with van der Waals surface area (Å²) >= 11 is 0. The minimum atomic E-state index is 0.121. The van der Waals surface area contributed by atoms with Crippen molar-refractivity contribution < 1.29 is 4.79 Å². The molecule has 6 aromatic rings. The Morgan fingerprint density at radius 1 is 0.459 bits per heavy atom. The van der Waals surface area contributed by atoms with Crippen molar-refractivity contribution in [2.75, 3.05) is 0 Å². The van der Waals surface area contributed by atoms with Crippen LogP contribution in [-0.4, -0.2) is 15.6 Å². The third kappa shape index (κ3) is 32.7. The van der Waals surface area contributed by atoms with E-state index < -0.39 is 0 Å². The standard InChI is InChI=1S/C10H12.C10H8.C8H8O.C8H10.C6H8N2.8C2H6/c2*1-2-6-10-8-4-3-7-9(10)5-1;1-7(9)8-5-3-2-4-6-8;1-2-8-6-4-3-5-7-8;1-2-6-3-4-7-8(6)5-1;8*1-2/h1-2,5-6H,3-4,7-8H2;1-8H;2-6H,1H3;3-7H,2H2,1H3;3-4H,1-2,5H2;8*1-2H3. The number of carbonyl (C=O) groups is 1. The maximum atomic E-state index is 10.6. The summed E-state index contributed by atoms with van der Waals surface area (Å²) in [5.41, 5.74) is 6.73. The number of fused-ring (bicyclic) bond motifs is 3. The molecule has 0 saturated carbocycles. The molecule has 3 heteroatoms. The average molecular weight is 835 g/mol. The van der Waals surface area contributed by atoms with Crippen molar-refractivity contribution in [1.82, 2.24) is 9.78 Å². The molecule has 342 valence electrons. The van der Waals surface area contributed by atoms with E-state index in [1.54, 1.807) is 18.1 Å². The van der Waals surface area contributed by atoms with Crippen LogP contribution in [0.15, 0.2) is 146 Å². The molecule has 3 nitrogen and oxygen atoms in total. The van der Waals surface area contributed by atoms with Crippen molar-refractivity contribution in [3.63, 3.8) is 0 Å². The van der Waals surface area contributed by atoms with Gasteiger partial charge in [-0.25, -0.2) is 0 Å². The van der Waals surface area contributed by atoms with E-state index in [1.807, 2.05) is 153 Å². The van der Waals surface area contributed by atoms with Crippen molar-refractivity contribution in [1.29, 1.82) is 0 Å². The summed E-state index contributed by atoms with van der Waals surface area (Å²) in [6, 6.07) is 47.3. The first-order valence-electron chi connectivity index (χ1n) is 24.2. The summed E-state index contributed by atoms with van der Waals surface area (Å²) in [5.74, 6) is 0.121. The highest BCUT2D eigenvalue weighted by molar-refractivity contribution is 5.93. The molecule has 0 saturated heterocycles. The number of Topliss-reactive ketones (excluding diaryl/α,β-unsaturated/α-hetero) is 1. The lowest BCUT2D eigenvalue weighted by Crippen LogP contribution is -2.00. The smallest absolute Gasteiger partial charge is 0.159 e. The Bertz CT molecular complexity index is 1580. The molecule has 5 aromatic carbocycles. The Labute approximate surface area is 379 Å². The molecular formula is C58H94N2O. The lowest BCUT2D eigenvalue weighted by atomic mass is 9.92. The minimum absolute atomic E-state index is 0.121. The lowest BCUT2D eigenvalue weighted by molar-refractivity contribution is 0.101. The fourth-order valence-corrected chi connectivity index (χ4v) is 5.38. The summed E-state index contributed by atoms with van der Waals surface area (Å²) in [5, 5.41) is 6.73. The van der Waals surface area contributed by atoms with Crippen molar-refractivity contribution in [2.45, 2.75) is 176 Å². The summed E-state index contributed by atoms with van der Waals surface area (Å²) < 4.78 is 2.07. The van der Waals surface area contributed by atoms with Crippen LogP contribution in [0.4, 0.5) is 0 Å². The number of hydrogen-bond acceptors (Lipinski definition) is 2. The first-order chi connectivity index (χ1) is 30.1. The van der Waals surface area contributed by atoms with Crippen molar-refractivity contribution in [3.05, 3.63) is 174 Å². The third-order valence-electron chi connectivity index (χ3n) is 7.96. The van der Waals surface area contributed by atoms with Crippen LogP contribution in [0.3, 0.4) is 0 Å². The predicted octanol–water partition coefficient (Wildman–Crippen LogP) is 18.6. The molecule has 0 amide bonds. The Kier molecular flexibility index (Phi) is 57.1. The van der Waals surface area contributed by atoms with Crippen molar-refractivity contribution in [2.24, 2.45) is 0 Å². The lowest BCUT2D eigenvalue weighted by Gasteiger charge is -2.13. The number of hydrogen-bond donors (Lipinski definition) is 0. The second kappa shape index (κ2) is 53.3. The summed E-state index contributed by atoms with van der Waals surface area (Å²) in [6.07, 6.45) is 10.9. The third-order valence-corrected chi connectivity index (χ3v) is 7.96. The van der Waals surface area contributed by atoms with Gasteiger partial charge < -0.3 is 0 Å². The molecule has 1 aliphatic heterocycles. The van der Waals surface area contributed by atoms with Gasteiger partial charge in [0, 0.05) is 24.0 Å². The molecule has 0 unspecified atom stereocenters. The normalized spacial score (nSPS) is 9.80. The molecule has 0 bridgehead atoms. The largest absolute Gasteiger partial charge is 0.295 e. The second-order valence-corrected chi connectivity index (χ2v) is 11.2. The van der Waals surface area contributed by atoms with Crippen LogP contribution in [0, 0.1) is 0 Å². The van der Waals surface area contributed by atoms with Gasteiger partial charge in [0.1, 0.15) is 0 Å². The van der Waals surface area contributed by atoms with Gasteiger partial charge in [0.25, 0.3) is 0 Å². The van der Waals surface area contributed by atoms with Gasteiger partial charge in [-0.15, -0.1) is 0 Å². The molecule has 2 aliphatic rings. The molecule has 0 fully saturated rings. The van der Waals surface area contributed by atoms with Crippen LogP contribution in [-0.2, 0) is 32.2 Å².